The molecule has 0 aliphatic carbocycles. The van der Waals surface area contributed by atoms with Crippen LogP contribution in [0.4, 0.5) is 22.0 Å². The number of benzene rings is 1. The fourth-order valence-electron chi connectivity index (χ4n) is 3.30. The Morgan fingerprint density at radius 3 is 2.57 bits per heavy atom. The average molecular weight is 451 g/mol. The number of nitrogens with zero attached hydrogens (tertiary/aromatic N) is 2. The minimum absolute atomic E-state index is 0.0262. The first-order valence-corrected chi connectivity index (χ1v) is 10.8. The topological polar surface area (TPSA) is 83.1 Å². The van der Waals surface area contributed by atoms with Gasteiger partial charge in [0, 0.05) is 24.7 Å². The Kier molecular flexibility index (Phi) is 6.16. The molecule has 0 saturated carbocycles. The van der Waals surface area contributed by atoms with E-state index in [0.29, 0.717) is 12.5 Å². The van der Waals surface area contributed by atoms with Crippen molar-refractivity contribution in [1.29, 1.82) is 0 Å². The molecule has 12 heteroatoms. The molecular formula is C18H18F5N3O3S. The third-order valence-corrected chi connectivity index (χ3v) is 6.73. The summed E-state index contributed by atoms with van der Waals surface area (Å²) >= 11 is 0. The first-order chi connectivity index (χ1) is 13.9. The molecule has 6 nitrogen and oxygen atoms in total. The number of hydrogen-bond donors (Lipinski definition) is 1. The number of H-pyrrole nitrogens is 1. The summed E-state index contributed by atoms with van der Waals surface area (Å²) in [7, 11) is -3.16. The number of carbonyl (C=O) groups is 1. The number of halogens is 5. The predicted octanol–water partition coefficient (Wildman–Crippen LogP) is 3.17. The quantitative estimate of drug-likeness (QED) is 0.684. The molecule has 1 aromatic carbocycles. The van der Waals surface area contributed by atoms with E-state index < -0.39 is 51.5 Å². The molecular weight excluding hydrogens is 433 g/mol. The number of amides is 1. The molecule has 2 heterocycles. The van der Waals surface area contributed by atoms with Gasteiger partial charge in [0.25, 0.3) is 5.91 Å². The van der Waals surface area contributed by atoms with E-state index in [4.69, 9.17) is 0 Å². The van der Waals surface area contributed by atoms with Crippen molar-refractivity contribution in [2.75, 3.05) is 18.1 Å². The molecule has 3 rings (SSSR count). The molecule has 0 spiro atoms. The lowest BCUT2D eigenvalue weighted by molar-refractivity contribution is -0.141. The van der Waals surface area contributed by atoms with Crippen LogP contribution >= 0.6 is 0 Å². The molecule has 1 unspecified atom stereocenters. The number of alkyl halides is 3. The van der Waals surface area contributed by atoms with E-state index in [1.54, 1.807) is 5.10 Å². The lowest BCUT2D eigenvalue weighted by atomic mass is 10.0. The second kappa shape index (κ2) is 8.32. The average Bonchev–Trinajstić information content (AvgIpc) is 3.27. The monoisotopic (exact) mass is 451 g/mol. The van der Waals surface area contributed by atoms with Crippen LogP contribution in [0.25, 0.3) is 0 Å². The molecule has 164 valence electrons. The number of sulfone groups is 1. The van der Waals surface area contributed by atoms with Gasteiger partial charge in [-0.05, 0) is 37.0 Å². The van der Waals surface area contributed by atoms with Gasteiger partial charge in [-0.1, -0.05) is 0 Å². The van der Waals surface area contributed by atoms with Crippen molar-refractivity contribution in [2.45, 2.75) is 25.6 Å². The lowest BCUT2D eigenvalue weighted by Gasteiger charge is -2.23. The molecule has 0 bridgehead atoms. The summed E-state index contributed by atoms with van der Waals surface area (Å²) < 4.78 is 89.1. The number of aromatic amines is 1. The Bertz CT molecular complexity index is 1040. The third kappa shape index (κ3) is 5.35. The van der Waals surface area contributed by atoms with Gasteiger partial charge in [0.1, 0.15) is 17.3 Å². The maximum absolute atomic E-state index is 14.0. The molecule has 1 N–H and O–H groups in total. The van der Waals surface area contributed by atoms with Crippen LogP contribution in [0.2, 0.25) is 0 Å². The van der Waals surface area contributed by atoms with Crippen LogP contribution in [0.5, 0.6) is 0 Å². The Labute approximate surface area is 169 Å². The normalized spacial score (nSPS) is 18.5. The van der Waals surface area contributed by atoms with Crippen LogP contribution in [0.3, 0.4) is 0 Å². The standard InChI is InChI=1S/C18H18F5N3O3S/c19-13-1-2-14(20)12(7-13)9-26(5-3-11-4-6-30(28,29)10-11)17(27)15-8-16(25-24-15)18(21,22)23/h1-2,7-8,11H,3-6,9-10H2,(H,24,25). The van der Waals surface area contributed by atoms with E-state index in [-0.39, 0.29) is 36.0 Å². The SMILES string of the molecule is O=C(c1cc(C(F)(F)F)[nH]n1)N(CCC1CCS(=O)(=O)C1)Cc1cc(F)ccc1F. The van der Waals surface area contributed by atoms with Crippen LogP contribution in [-0.4, -0.2) is 47.5 Å². The summed E-state index contributed by atoms with van der Waals surface area (Å²) in [5, 5.41) is 5.13. The van der Waals surface area contributed by atoms with Crippen LogP contribution in [0.15, 0.2) is 24.3 Å². The molecule has 30 heavy (non-hydrogen) atoms. The molecule has 1 aliphatic heterocycles. The van der Waals surface area contributed by atoms with Gasteiger partial charge in [0.2, 0.25) is 0 Å². The van der Waals surface area contributed by atoms with Crippen molar-refractivity contribution < 1.29 is 35.2 Å². The number of carbonyl (C=O) groups excluding carboxylic acids is 1. The zero-order valence-electron chi connectivity index (χ0n) is 15.5. The van der Waals surface area contributed by atoms with Crippen molar-refractivity contribution in [1.82, 2.24) is 15.1 Å². The maximum atomic E-state index is 14.0. The highest BCUT2D eigenvalue weighted by molar-refractivity contribution is 7.91. The second-order valence-electron chi connectivity index (χ2n) is 7.18. The summed E-state index contributed by atoms with van der Waals surface area (Å²) in [5.41, 5.74) is -1.91. The largest absolute Gasteiger partial charge is 0.432 e. The summed E-state index contributed by atoms with van der Waals surface area (Å²) in [6.07, 6.45) is -4.08. The maximum Gasteiger partial charge on any atom is 0.432 e. The highest BCUT2D eigenvalue weighted by Crippen LogP contribution is 2.28. The van der Waals surface area contributed by atoms with Gasteiger partial charge in [-0.3, -0.25) is 9.89 Å². The Balaban J connectivity index is 1.81. The predicted molar refractivity (Wildman–Crippen MR) is 96.1 cm³/mol. The molecule has 1 saturated heterocycles. The molecule has 2 aromatic rings. The second-order valence-corrected chi connectivity index (χ2v) is 9.41. The van der Waals surface area contributed by atoms with E-state index in [0.717, 1.165) is 23.1 Å². The van der Waals surface area contributed by atoms with Gasteiger partial charge in [-0.2, -0.15) is 18.3 Å². The number of aromatic nitrogens is 2. The van der Waals surface area contributed by atoms with E-state index in [2.05, 4.69) is 5.10 Å². The summed E-state index contributed by atoms with van der Waals surface area (Å²) in [5.74, 6) is -2.68. The van der Waals surface area contributed by atoms with Gasteiger partial charge in [0.15, 0.2) is 15.5 Å². The molecule has 1 aliphatic rings. The van der Waals surface area contributed by atoms with E-state index in [9.17, 15) is 35.2 Å². The fraction of sp³-hybridized carbons (Fsp3) is 0.444. The van der Waals surface area contributed by atoms with Gasteiger partial charge in [-0.25, -0.2) is 17.2 Å². The van der Waals surface area contributed by atoms with E-state index in [1.807, 2.05) is 0 Å². The Hall–Kier alpha value is -2.50. The summed E-state index contributed by atoms with van der Waals surface area (Å²) in [4.78, 5) is 13.8. The van der Waals surface area contributed by atoms with Crippen molar-refractivity contribution in [3.05, 3.63) is 52.9 Å². The fourth-order valence-corrected chi connectivity index (χ4v) is 5.21. The Morgan fingerprint density at radius 1 is 1.23 bits per heavy atom. The van der Waals surface area contributed by atoms with Crippen LogP contribution in [-0.2, 0) is 22.6 Å². The van der Waals surface area contributed by atoms with Crippen LogP contribution < -0.4 is 0 Å². The van der Waals surface area contributed by atoms with Gasteiger partial charge in [-0.15, -0.1) is 0 Å². The molecule has 1 aromatic heterocycles. The minimum Gasteiger partial charge on any atom is -0.333 e. The summed E-state index contributed by atoms with van der Waals surface area (Å²) in [6.45, 7) is -0.459. The minimum atomic E-state index is -4.73. The number of hydrogen-bond acceptors (Lipinski definition) is 4. The van der Waals surface area contributed by atoms with E-state index >= 15 is 0 Å². The highest BCUT2D eigenvalue weighted by atomic mass is 32.2. The zero-order chi connectivity index (χ0) is 22.1. The van der Waals surface area contributed by atoms with Gasteiger partial charge < -0.3 is 4.90 Å². The van der Waals surface area contributed by atoms with Crippen molar-refractivity contribution in [3.63, 3.8) is 0 Å². The third-order valence-electron chi connectivity index (χ3n) is 4.89. The van der Waals surface area contributed by atoms with Gasteiger partial charge >= 0.3 is 6.18 Å². The highest BCUT2D eigenvalue weighted by Gasteiger charge is 2.35. The number of nitrogens with one attached hydrogen (secondary N) is 1. The Morgan fingerprint density at radius 2 is 1.97 bits per heavy atom. The zero-order valence-corrected chi connectivity index (χ0v) is 16.4. The van der Waals surface area contributed by atoms with Crippen molar-refractivity contribution in [3.8, 4) is 0 Å². The molecule has 0 radical (unpaired) electrons. The van der Waals surface area contributed by atoms with Gasteiger partial charge in [0.05, 0.1) is 11.5 Å². The lowest BCUT2D eigenvalue weighted by Crippen LogP contribution is -2.33. The first-order valence-electron chi connectivity index (χ1n) is 9.01. The number of rotatable bonds is 6. The molecule has 1 fully saturated rings. The first kappa shape index (κ1) is 22.2. The summed E-state index contributed by atoms with van der Waals surface area (Å²) in [6, 6.07) is 3.21. The smallest absolute Gasteiger partial charge is 0.333 e. The van der Waals surface area contributed by atoms with E-state index in [1.165, 1.54) is 0 Å². The van der Waals surface area contributed by atoms with Crippen molar-refractivity contribution in [2.24, 2.45) is 5.92 Å². The van der Waals surface area contributed by atoms with Crippen molar-refractivity contribution >= 4 is 15.7 Å². The molecule has 1 atom stereocenters. The van der Waals surface area contributed by atoms with Crippen LogP contribution in [0.1, 0.15) is 34.6 Å². The van der Waals surface area contributed by atoms with Crippen LogP contribution in [0, 0.1) is 17.6 Å². The molecule has 1 amide bonds.